The summed E-state index contributed by atoms with van der Waals surface area (Å²) in [6, 6.07) is 8.64. The van der Waals surface area contributed by atoms with Crippen molar-refractivity contribution in [2.45, 2.75) is 18.1 Å². The summed E-state index contributed by atoms with van der Waals surface area (Å²) in [5, 5.41) is 3.26. The van der Waals surface area contributed by atoms with E-state index in [0.717, 1.165) is 37.4 Å². The molecule has 2 aliphatic rings. The van der Waals surface area contributed by atoms with Crippen LogP contribution in [0.15, 0.2) is 41.3 Å². The van der Waals surface area contributed by atoms with Crippen molar-refractivity contribution in [2.24, 2.45) is 0 Å². The first-order chi connectivity index (χ1) is 13.2. The quantitative estimate of drug-likeness (QED) is 0.750. The van der Waals surface area contributed by atoms with Gasteiger partial charge in [-0.05, 0) is 36.8 Å². The topological polar surface area (TPSA) is 79.9 Å². The molecule has 1 saturated heterocycles. The Morgan fingerprint density at radius 3 is 2.48 bits per heavy atom. The number of sulfonamides is 1. The number of hydrogen-bond donors (Lipinski definition) is 2. The minimum atomic E-state index is -3.91. The van der Waals surface area contributed by atoms with Crippen molar-refractivity contribution in [1.29, 1.82) is 0 Å². The summed E-state index contributed by atoms with van der Waals surface area (Å²) in [6.45, 7) is 5.16. The molecule has 158 valence electrons. The third-order valence-corrected chi connectivity index (χ3v) is 5.98. The Kier molecular flexibility index (Phi) is 5.79. The van der Waals surface area contributed by atoms with Gasteiger partial charge in [0.15, 0.2) is 11.5 Å². The summed E-state index contributed by atoms with van der Waals surface area (Å²) >= 11 is 0. The average Bonchev–Trinajstić information content (AvgIpc) is 2.95. The van der Waals surface area contributed by atoms with Crippen molar-refractivity contribution < 1.29 is 26.7 Å². The summed E-state index contributed by atoms with van der Waals surface area (Å²) in [7, 11) is -3.91. The molecule has 2 aliphatic heterocycles. The summed E-state index contributed by atoms with van der Waals surface area (Å²) in [5.41, 5.74) is 1.94. The summed E-state index contributed by atoms with van der Waals surface area (Å²) in [5.74, 6) is -0.375. The smallest absolute Gasteiger partial charge is 0.395 e. The molecule has 0 aliphatic carbocycles. The van der Waals surface area contributed by atoms with Gasteiger partial charge in [-0.25, -0.2) is 8.42 Å². The Morgan fingerprint density at radius 2 is 1.76 bits per heavy atom. The first-order valence-electron chi connectivity index (χ1n) is 8.73. The zero-order valence-electron chi connectivity index (χ0n) is 15.4. The maximum atomic E-state index is 13.1. The number of aryl methyl sites for hydroxylation is 1. The molecule has 11 heteroatoms. The predicted octanol–water partition coefficient (Wildman–Crippen LogP) is 2.95. The lowest BCUT2D eigenvalue weighted by Crippen LogP contribution is -2.43. The lowest BCUT2D eigenvalue weighted by molar-refractivity contribution is -0.286. The molecule has 0 radical (unpaired) electrons. The van der Waals surface area contributed by atoms with Crippen LogP contribution in [0.1, 0.15) is 5.56 Å². The Morgan fingerprint density at radius 1 is 1.07 bits per heavy atom. The van der Waals surface area contributed by atoms with Crippen molar-refractivity contribution in [1.82, 2.24) is 5.32 Å². The van der Waals surface area contributed by atoms with E-state index in [0.29, 0.717) is 0 Å². The first-order valence-corrected chi connectivity index (χ1v) is 10.2. The molecule has 2 heterocycles. The van der Waals surface area contributed by atoms with Gasteiger partial charge in [-0.2, -0.15) is 0 Å². The summed E-state index contributed by atoms with van der Waals surface area (Å²) in [6.07, 6.45) is -3.75. The molecular weight excluding hydrogens is 428 g/mol. The fraction of sp³-hybridized carbons (Fsp3) is 0.333. The van der Waals surface area contributed by atoms with Crippen LogP contribution >= 0.6 is 12.4 Å². The van der Waals surface area contributed by atoms with Crippen LogP contribution in [0.3, 0.4) is 0 Å². The van der Waals surface area contributed by atoms with E-state index in [9.17, 15) is 17.2 Å². The van der Waals surface area contributed by atoms with E-state index in [4.69, 9.17) is 0 Å². The average molecular weight is 448 g/mol. The lowest BCUT2D eigenvalue weighted by atomic mass is 10.1. The fourth-order valence-electron chi connectivity index (χ4n) is 3.23. The zero-order valence-corrected chi connectivity index (χ0v) is 17.1. The number of alkyl halides is 2. The number of anilines is 2. The lowest BCUT2D eigenvalue weighted by Gasteiger charge is -2.31. The van der Waals surface area contributed by atoms with Crippen LogP contribution in [0.2, 0.25) is 0 Å². The minimum absolute atomic E-state index is 0. The number of ether oxygens (including phenoxy) is 2. The molecule has 0 unspecified atom stereocenters. The van der Waals surface area contributed by atoms with Crippen molar-refractivity contribution in [3.63, 3.8) is 0 Å². The van der Waals surface area contributed by atoms with E-state index in [2.05, 4.69) is 24.4 Å². The van der Waals surface area contributed by atoms with Gasteiger partial charge < -0.3 is 19.7 Å². The molecule has 2 aromatic rings. The van der Waals surface area contributed by atoms with Crippen molar-refractivity contribution in [3.8, 4) is 11.5 Å². The Balaban J connectivity index is 0.00000240. The van der Waals surface area contributed by atoms with Gasteiger partial charge in [0.1, 0.15) is 0 Å². The molecule has 1 fully saturated rings. The van der Waals surface area contributed by atoms with E-state index in [1.807, 2.05) is 6.92 Å². The maximum absolute atomic E-state index is 13.1. The Hall–Kier alpha value is -2.30. The molecule has 0 amide bonds. The second-order valence-electron chi connectivity index (χ2n) is 6.62. The SMILES string of the molecule is Cc1ccc(S(=O)(=O)Nc2ccc3c(c2)OC(F)(F)O3)cc1N1CCNCC1.Cl. The normalized spacial score (nSPS) is 17.6. The van der Waals surface area contributed by atoms with Crippen LogP contribution < -0.4 is 24.4 Å². The highest BCUT2D eigenvalue weighted by atomic mass is 35.5. The molecule has 2 N–H and O–H groups in total. The number of halogens is 3. The number of hydrogen-bond acceptors (Lipinski definition) is 6. The van der Waals surface area contributed by atoms with E-state index >= 15 is 0 Å². The molecule has 0 aromatic heterocycles. The second kappa shape index (κ2) is 7.85. The number of nitrogens with zero attached hydrogens (tertiary/aromatic N) is 1. The molecule has 7 nitrogen and oxygen atoms in total. The van der Waals surface area contributed by atoms with E-state index in [1.54, 1.807) is 12.1 Å². The highest BCUT2D eigenvalue weighted by molar-refractivity contribution is 7.92. The van der Waals surface area contributed by atoms with E-state index < -0.39 is 16.3 Å². The van der Waals surface area contributed by atoms with Crippen LogP contribution in [0.25, 0.3) is 0 Å². The molecule has 4 rings (SSSR count). The van der Waals surface area contributed by atoms with Gasteiger partial charge in [-0.1, -0.05) is 6.07 Å². The zero-order chi connectivity index (χ0) is 19.9. The van der Waals surface area contributed by atoms with E-state index in [-0.39, 0.29) is 34.5 Å². The number of benzene rings is 2. The van der Waals surface area contributed by atoms with Gasteiger partial charge in [0, 0.05) is 37.9 Å². The highest BCUT2D eigenvalue weighted by Crippen LogP contribution is 2.42. The van der Waals surface area contributed by atoms with Crippen LogP contribution in [-0.4, -0.2) is 40.9 Å². The van der Waals surface area contributed by atoms with Gasteiger partial charge in [0.05, 0.1) is 10.6 Å². The Labute approximate surface area is 173 Å². The highest BCUT2D eigenvalue weighted by Gasteiger charge is 2.43. The third kappa shape index (κ3) is 4.49. The molecule has 0 atom stereocenters. The van der Waals surface area contributed by atoms with Crippen LogP contribution in [0.4, 0.5) is 20.2 Å². The van der Waals surface area contributed by atoms with Gasteiger partial charge >= 0.3 is 6.29 Å². The van der Waals surface area contributed by atoms with Gasteiger partial charge in [-0.3, -0.25) is 4.72 Å². The summed E-state index contributed by atoms with van der Waals surface area (Å²) < 4.78 is 63.0. The molecule has 0 spiro atoms. The van der Waals surface area contributed by atoms with Gasteiger partial charge in [-0.15, -0.1) is 21.2 Å². The van der Waals surface area contributed by atoms with Crippen molar-refractivity contribution >= 4 is 33.8 Å². The standard InChI is InChI=1S/C18H19F2N3O4S.ClH/c1-12-2-4-14(11-15(12)23-8-6-21-7-9-23)28(24,25)22-13-3-5-16-17(10-13)27-18(19,20)26-16;/h2-5,10-11,21-22H,6-9H2,1H3;1H. The number of rotatable bonds is 4. The van der Waals surface area contributed by atoms with E-state index in [1.165, 1.54) is 24.3 Å². The largest absolute Gasteiger partial charge is 0.586 e. The monoisotopic (exact) mass is 447 g/mol. The minimum Gasteiger partial charge on any atom is -0.395 e. The number of fused-ring (bicyclic) bond motifs is 1. The first kappa shape index (κ1) is 21.4. The third-order valence-electron chi connectivity index (χ3n) is 4.60. The predicted molar refractivity (Wildman–Crippen MR) is 107 cm³/mol. The van der Waals surface area contributed by atoms with Gasteiger partial charge in [0.25, 0.3) is 10.0 Å². The van der Waals surface area contributed by atoms with Crippen molar-refractivity contribution in [3.05, 3.63) is 42.0 Å². The summed E-state index contributed by atoms with van der Waals surface area (Å²) in [4.78, 5) is 2.22. The number of nitrogens with one attached hydrogen (secondary N) is 2. The van der Waals surface area contributed by atoms with Crippen LogP contribution in [-0.2, 0) is 10.0 Å². The van der Waals surface area contributed by atoms with Crippen molar-refractivity contribution in [2.75, 3.05) is 35.8 Å². The molecule has 2 aromatic carbocycles. The number of piperazine rings is 1. The molecule has 29 heavy (non-hydrogen) atoms. The maximum Gasteiger partial charge on any atom is 0.586 e. The molecular formula is C18H20ClF2N3O4S. The fourth-order valence-corrected chi connectivity index (χ4v) is 4.30. The second-order valence-corrected chi connectivity index (χ2v) is 8.30. The Bertz CT molecular complexity index is 1010. The van der Waals surface area contributed by atoms with Crippen LogP contribution in [0, 0.1) is 6.92 Å². The molecule has 0 saturated carbocycles. The van der Waals surface area contributed by atoms with Gasteiger partial charge in [0.2, 0.25) is 0 Å². The molecule has 0 bridgehead atoms. The van der Waals surface area contributed by atoms with Crippen LogP contribution in [0.5, 0.6) is 11.5 Å².